The van der Waals surface area contributed by atoms with Crippen LogP contribution in [0.15, 0.2) is 30.3 Å². The highest BCUT2D eigenvalue weighted by molar-refractivity contribution is 5.68. The molecule has 2 N–H and O–H groups in total. The van der Waals surface area contributed by atoms with E-state index < -0.39 is 17.8 Å². The maximum absolute atomic E-state index is 11.6. The van der Waals surface area contributed by atoms with Crippen LogP contribution in [-0.2, 0) is 20.8 Å². The molecule has 0 aliphatic heterocycles. The Labute approximate surface area is 161 Å². The molecule has 0 radical (unpaired) electrons. The van der Waals surface area contributed by atoms with Crippen molar-refractivity contribution in [3.63, 3.8) is 0 Å². The quantitative estimate of drug-likeness (QED) is 0.606. The van der Waals surface area contributed by atoms with Gasteiger partial charge in [0.1, 0.15) is 12.2 Å². The van der Waals surface area contributed by atoms with Crippen LogP contribution in [0.1, 0.15) is 46.1 Å². The Hall–Kier alpha value is -2.28. The summed E-state index contributed by atoms with van der Waals surface area (Å²) < 4.78 is 15.8. The van der Waals surface area contributed by atoms with E-state index in [-0.39, 0.29) is 12.6 Å². The summed E-state index contributed by atoms with van der Waals surface area (Å²) in [5, 5.41) is 5.43. The van der Waals surface area contributed by atoms with Crippen molar-refractivity contribution in [1.82, 2.24) is 10.6 Å². The lowest BCUT2D eigenvalue weighted by molar-refractivity contribution is 0.0452. The van der Waals surface area contributed by atoms with Crippen LogP contribution in [0.5, 0.6) is 0 Å². The Morgan fingerprint density at radius 2 is 1.78 bits per heavy atom. The molecule has 27 heavy (non-hydrogen) atoms. The summed E-state index contributed by atoms with van der Waals surface area (Å²) in [6.45, 7) is 9.07. The van der Waals surface area contributed by atoms with Crippen LogP contribution in [0, 0.1) is 0 Å². The van der Waals surface area contributed by atoms with Crippen LogP contribution in [-0.4, -0.2) is 43.6 Å². The first-order valence-electron chi connectivity index (χ1n) is 9.28. The van der Waals surface area contributed by atoms with Gasteiger partial charge < -0.3 is 24.8 Å². The second-order valence-electron chi connectivity index (χ2n) is 7.32. The zero-order valence-electron chi connectivity index (χ0n) is 16.7. The molecule has 0 aliphatic rings. The van der Waals surface area contributed by atoms with Crippen molar-refractivity contribution in [1.29, 1.82) is 0 Å². The highest BCUT2D eigenvalue weighted by Crippen LogP contribution is 2.06. The minimum absolute atomic E-state index is 0.133. The second kappa shape index (κ2) is 12.2. The maximum atomic E-state index is 11.6. The predicted molar refractivity (Wildman–Crippen MR) is 104 cm³/mol. The first-order valence-corrected chi connectivity index (χ1v) is 9.28. The molecular formula is C20H32N2O5. The van der Waals surface area contributed by atoms with Gasteiger partial charge in [-0.3, -0.25) is 0 Å². The lowest BCUT2D eigenvalue weighted by Gasteiger charge is -2.21. The first-order chi connectivity index (χ1) is 12.8. The summed E-state index contributed by atoms with van der Waals surface area (Å²) in [5.41, 5.74) is 0.440. The molecule has 0 aromatic heterocycles. The Morgan fingerprint density at radius 1 is 1.07 bits per heavy atom. The average molecular weight is 380 g/mol. The van der Waals surface area contributed by atoms with Crippen LogP contribution in [0.4, 0.5) is 9.59 Å². The van der Waals surface area contributed by atoms with Crippen molar-refractivity contribution in [3.05, 3.63) is 35.9 Å². The van der Waals surface area contributed by atoms with Crippen molar-refractivity contribution in [2.75, 3.05) is 19.8 Å². The minimum Gasteiger partial charge on any atom is -0.445 e. The average Bonchev–Trinajstić information content (AvgIpc) is 2.58. The molecule has 0 fully saturated rings. The summed E-state index contributed by atoms with van der Waals surface area (Å²) in [7, 11) is 0. The van der Waals surface area contributed by atoms with Crippen LogP contribution < -0.4 is 10.6 Å². The third-order valence-corrected chi connectivity index (χ3v) is 3.33. The lowest BCUT2D eigenvalue weighted by atomic mass is 10.2. The largest absolute Gasteiger partial charge is 0.445 e. The normalized spacial score (nSPS) is 12.1. The molecule has 0 spiro atoms. The van der Waals surface area contributed by atoms with Crippen LogP contribution >= 0.6 is 0 Å². The van der Waals surface area contributed by atoms with Gasteiger partial charge in [0.25, 0.3) is 0 Å². The van der Waals surface area contributed by atoms with E-state index in [0.717, 1.165) is 18.4 Å². The van der Waals surface area contributed by atoms with E-state index in [1.54, 1.807) is 0 Å². The van der Waals surface area contributed by atoms with E-state index in [0.29, 0.717) is 19.8 Å². The highest BCUT2D eigenvalue weighted by Gasteiger charge is 2.17. The van der Waals surface area contributed by atoms with Gasteiger partial charge in [-0.25, -0.2) is 9.59 Å². The number of carbonyl (C=O) groups is 2. The fourth-order valence-electron chi connectivity index (χ4n) is 2.10. The lowest BCUT2D eigenvalue weighted by Crippen LogP contribution is -2.39. The van der Waals surface area contributed by atoms with Crippen molar-refractivity contribution in [2.45, 2.75) is 58.8 Å². The van der Waals surface area contributed by atoms with Crippen LogP contribution in [0.25, 0.3) is 0 Å². The van der Waals surface area contributed by atoms with Gasteiger partial charge in [0, 0.05) is 13.2 Å². The number of rotatable bonds is 10. The Bertz CT molecular complexity index is 557. The third kappa shape index (κ3) is 12.7. The van der Waals surface area contributed by atoms with Gasteiger partial charge in [-0.1, -0.05) is 30.3 Å². The zero-order chi connectivity index (χ0) is 20.1. The molecular weight excluding hydrogens is 348 g/mol. The van der Waals surface area contributed by atoms with E-state index in [1.165, 1.54) is 0 Å². The number of alkyl carbamates (subject to hydrolysis) is 2. The van der Waals surface area contributed by atoms with E-state index in [9.17, 15) is 9.59 Å². The molecule has 0 saturated heterocycles. The number of benzene rings is 1. The first kappa shape index (κ1) is 22.8. The molecule has 0 bridgehead atoms. The van der Waals surface area contributed by atoms with Gasteiger partial charge >= 0.3 is 12.2 Å². The molecule has 1 rings (SSSR count). The van der Waals surface area contributed by atoms with Crippen LogP contribution in [0.2, 0.25) is 0 Å². The Kier molecular flexibility index (Phi) is 10.3. The van der Waals surface area contributed by atoms with E-state index in [1.807, 2.05) is 58.0 Å². The molecule has 0 aliphatic carbocycles. The maximum Gasteiger partial charge on any atom is 0.407 e. The van der Waals surface area contributed by atoms with E-state index >= 15 is 0 Å². The Balaban J connectivity index is 1.97. The number of carbonyl (C=O) groups excluding carboxylic acids is 2. The van der Waals surface area contributed by atoms with Gasteiger partial charge in [-0.15, -0.1) is 0 Å². The molecule has 1 atom stereocenters. The number of unbranched alkanes of at least 4 members (excludes halogenated alkanes) is 1. The molecule has 0 unspecified atom stereocenters. The molecule has 152 valence electrons. The summed E-state index contributed by atoms with van der Waals surface area (Å²) in [5.74, 6) is 0. The van der Waals surface area contributed by atoms with Crippen molar-refractivity contribution < 1.29 is 23.8 Å². The summed E-state index contributed by atoms with van der Waals surface area (Å²) in [6, 6.07) is 9.40. The van der Waals surface area contributed by atoms with Gasteiger partial charge in [0.05, 0.1) is 12.6 Å². The molecule has 2 amide bonds. The predicted octanol–water partition coefficient (Wildman–Crippen LogP) is 3.62. The van der Waals surface area contributed by atoms with Gasteiger partial charge in [0.15, 0.2) is 0 Å². The van der Waals surface area contributed by atoms with E-state index in [4.69, 9.17) is 14.2 Å². The second-order valence-corrected chi connectivity index (χ2v) is 7.32. The van der Waals surface area contributed by atoms with Crippen LogP contribution in [0.3, 0.4) is 0 Å². The van der Waals surface area contributed by atoms with Crippen molar-refractivity contribution >= 4 is 12.2 Å². The van der Waals surface area contributed by atoms with Gasteiger partial charge in [0.2, 0.25) is 0 Å². The zero-order valence-corrected chi connectivity index (χ0v) is 16.7. The van der Waals surface area contributed by atoms with E-state index in [2.05, 4.69) is 10.6 Å². The fourth-order valence-corrected chi connectivity index (χ4v) is 2.10. The summed E-state index contributed by atoms with van der Waals surface area (Å²) in [4.78, 5) is 23.2. The fraction of sp³-hybridized carbons (Fsp3) is 0.600. The number of amides is 2. The number of hydrogen-bond donors (Lipinski definition) is 2. The van der Waals surface area contributed by atoms with Crippen molar-refractivity contribution in [2.24, 2.45) is 0 Å². The minimum atomic E-state index is -0.514. The Morgan fingerprint density at radius 3 is 2.44 bits per heavy atom. The molecule has 1 aromatic rings. The monoisotopic (exact) mass is 380 g/mol. The smallest absolute Gasteiger partial charge is 0.407 e. The van der Waals surface area contributed by atoms with Crippen molar-refractivity contribution in [3.8, 4) is 0 Å². The van der Waals surface area contributed by atoms with Gasteiger partial charge in [-0.05, 0) is 46.1 Å². The standard InChI is InChI=1S/C20H32N2O5/c1-16(22-19(24)27-20(2,3)4)14-25-13-9-8-12-21-18(23)26-15-17-10-6-5-7-11-17/h5-7,10-11,16H,8-9,12-15H2,1-4H3,(H,21,23)(H,22,24)/t16-/m1/s1. The topological polar surface area (TPSA) is 85.9 Å². The number of nitrogens with one attached hydrogen (secondary N) is 2. The molecule has 7 nitrogen and oxygen atoms in total. The SMILES string of the molecule is C[C@H](COCCCCNC(=O)OCc1ccccc1)NC(=O)OC(C)(C)C. The number of ether oxygens (including phenoxy) is 3. The highest BCUT2D eigenvalue weighted by atomic mass is 16.6. The third-order valence-electron chi connectivity index (χ3n) is 3.33. The summed E-state index contributed by atoms with van der Waals surface area (Å²) in [6.07, 6.45) is 0.721. The number of hydrogen-bond acceptors (Lipinski definition) is 5. The van der Waals surface area contributed by atoms with Gasteiger partial charge in [-0.2, -0.15) is 0 Å². The summed E-state index contributed by atoms with van der Waals surface area (Å²) >= 11 is 0. The molecule has 0 heterocycles. The molecule has 7 heteroatoms. The molecule has 0 saturated carbocycles. The molecule has 1 aromatic carbocycles.